The van der Waals surface area contributed by atoms with Crippen molar-refractivity contribution in [2.75, 3.05) is 12.0 Å². The summed E-state index contributed by atoms with van der Waals surface area (Å²) in [5, 5.41) is 4.50. The van der Waals surface area contributed by atoms with Gasteiger partial charge in [-0.1, -0.05) is 60.2 Å². The fourth-order valence-corrected chi connectivity index (χ4v) is 4.32. The van der Waals surface area contributed by atoms with Crippen molar-refractivity contribution in [1.82, 2.24) is 14.8 Å². The molecule has 32 heavy (non-hydrogen) atoms. The number of anilines is 1. The Bertz CT molecular complexity index is 1220. The van der Waals surface area contributed by atoms with E-state index in [1.807, 2.05) is 78.3 Å². The number of benzene rings is 3. The minimum absolute atomic E-state index is 0.0251. The van der Waals surface area contributed by atoms with Crippen molar-refractivity contribution < 1.29 is 9.53 Å². The van der Waals surface area contributed by atoms with Gasteiger partial charge < -0.3 is 4.74 Å². The van der Waals surface area contributed by atoms with E-state index in [4.69, 9.17) is 4.74 Å². The molecule has 2 atom stereocenters. The van der Waals surface area contributed by atoms with Gasteiger partial charge in [-0.05, 0) is 48.7 Å². The number of fused-ring (bicyclic) bond motifs is 1. The maximum Gasteiger partial charge on any atom is 0.261 e. The second-order valence-electron chi connectivity index (χ2n) is 8.00. The van der Waals surface area contributed by atoms with Crippen LogP contribution in [0.3, 0.4) is 0 Å². The average Bonchev–Trinajstić information content (AvgIpc) is 3.33. The van der Waals surface area contributed by atoms with Crippen molar-refractivity contribution >= 4 is 11.9 Å². The Kier molecular flexibility index (Phi) is 5.19. The molecule has 2 heterocycles. The number of amides is 1. The Morgan fingerprint density at radius 2 is 1.59 bits per heavy atom. The van der Waals surface area contributed by atoms with Crippen LogP contribution in [0.5, 0.6) is 5.75 Å². The van der Waals surface area contributed by atoms with E-state index in [0.29, 0.717) is 17.9 Å². The molecular formula is C26H24N4O2. The van der Waals surface area contributed by atoms with E-state index in [1.165, 1.54) is 6.33 Å². The highest BCUT2D eigenvalue weighted by Gasteiger charge is 2.39. The number of aryl methyl sites for hydroxylation is 1. The summed E-state index contributed by atoms with van der Waals surface area (Å²) < 4.78 is 7.20. The van der Waals surface area contributed by atoms with Crippen molar-refractivity contribution in [2.24, 2.45) is 0 Å². The zero-order valence-corrected chi connectivity index (χ0v) is 18.1. The van der Waals surface area contributed by atoms with Crippen LogP contribution in [0, 0.1) is 6.92 Å². The summed E-state index contributed by atoms with van der Waals surface area (Å²) in [5.41, 5.74) is 3.91. The second kappa shape index (κ2) is 8.30. The highest BCUT2D eigenvalue weighted by atomic mass is 16.5. The minimum atomic E-state index is -0.198. The molecule has 1 aliphatic heterocycles. The first-order valence-corrected chi connectivity index (χ1v) is 10.6. The lowest BCUT2D eigenvalue weighted by atomic mass is 9.91. The standard InChI is InChI=1S/C26H24N4O2/c1-18-8-10-21(11-9-18)25(31)29-23(20-12-14-22(32-2)15-13-20)16-24(19-6-4-3-5-7-19)30-26(29)27-17-28-30/h3-15,17,23-24H,16H2,1-2H3/t23-,24-/m0/s1. The number of ether oxygens (including phenoxy) is 1. The number of carbonyl (C=O) groups is 1. The molecule has 3 aromatic carbocycles. The SMILES string of the molecule is COc1ccc([C@@H]2C[C@@H](c3ccccc3)n3ncnc3N2C(=O)c2ccc(C)cc2)cc1. The van der Waals surface area contributed by atoms with Crippen LogP contribution < -0.4 is 9.64 Å². The van der Waals surface area contributed by atoms with E-state index < -0.39 is 0 Å². The van der Waals surface area contributed by atoms with Crippen molar-refractivity contribution in [1.29, 1.82) is 0 Å². The number of hydrogen-bond acceptors (Lipinski definition) is 4. The molecule has 0 saturated heterocycles. The van der Waals surface area contributed by atoms with Gasteiger partial charge in [0.05, 0.1) is 19.2 Å². The third kappa shape index (κ3) is 3.54. The van der Waals surface area contributed by atoms with E-state index in [9.17, 15) is 4.79 Å². The van der Waals surface area contributed by atoms with Crippen LogP contribution in [0.25, 0.3) is 0 Å². The Balaban J connectivity index is 1.63. The summed E-state index contributed by atoms with van der Waals surface area (Å²) >= 11 is 0. The van der Waals surface area contributed by atoms with E-state index in [-0.39, 0.29) is 18.0 Å². The van der Waals surface area contributed by atoms with E-state index in [2.05, 4.69) is 22.2 Å². The Labute approximate surface area is 187 Å². The molecule has 6 nitrogen and oxygen atoms in total. The van der Waals surface area contributed by atoms with E-state index in [0.717, 1.165) is 22.4 Å². The van der Waals surface area contributed by atoms with E-state index >= 15 is 0 Å². The van der Waals surface area contributed by atoms with Gasteiger partial charge in [0.15, 0.2) is 0 Å². The predicted molar refractivity (Wildman–Crippen MR) is 123 cm³/mol. The lowest BCUT2D eigenvalue weighted by Crippen LogP contribution is -2.42. The summed E-state index contributed by atoms with van der Waals surface area (Å²) in [5.74, 6) is 1.24. The molecule has 1 aliphatic rings. The Morgan fingerprint density at radius 1 is 0.906 bits per heavy atom. The molecule has 4 aromatic rings. The van der Waals surface area contributed by atoms with Crippen LogP contribution in [0.1, 0.15) is 45.6 Å². The zero-order chi connectivity index (χ0) is 22.1. The zero-order valence-electron chi connectivity index (χ0n) is 18.1. The number of carbonyl (C=O) groups excluding carboxylic acids is 1. The number of methoxy groups -OCH3 is 1. The number of hydrogen-bond donors (Lipinski definition) is 0. The maximum absolute atomic E-state index is 13.7. The van der Waals surface area contributed by atoms with Crippen molar-refractivity contribution in [3.05, 3.63) is 107 Å². The fraction of sp³-hybridized carbons (Fsp3) is 0.192. The number of aromatic nitrogens is 3. The monoisotopic (exact) mass is 424 g/mol. The Hall–Kier alpha value is -3.93. The molecule has 0 fully saturated rings. The summed E-state index contributed by atoms with van der Waals surface area (Å²) in [6.07, 6.45) is 2.21. The molecule has 0 spiro atoms. The summed E-state index contributed by atoms with van der Waals surface area (Å²) in [7, 11) is 1.65. The van der Waals surface area contributed by atoms with Crippen LogP contribution >= 0.6 is 0 Å². The van der Waals surface area contributed by atoms with Gasteiger partial charge in [0.1, 0.15) is 12.1 Å². The molecule has 0 unspecified atom stereocenters. The molecular weight excluding hydrogens is 400 g/mol. The molecule has 1 amide bonds. The number of rotatable bonds is 4. The van der Waals surface area contributed by atoms with Crippen LogP contribution in [0.2, 0.25) is 0 Å². The van der Waals surface area contributed by atoms with Crippen LogP contribution in [-0.4, -0.2) is 27.8 Å². The molecule has 0 N–H and O–H groups in total. The number of nitrogens with zero attached hydrogens (tertiary/aromatic N) is 4. The highest BCUT2D eigenvalue weighted by molar-refractivity contribution is 6.05. The minimum Gasteiger partial charge on any atom is -0.497 e. The Morgan fingerprint density at radius 3 is 2.28 bits per heavy atom. The van der Waals surface area contributed by atoms with Crippen molar-refractivity contribution in [3.8, 4) is 5.75 Å². The molecule has 0 bridgehead atoms. The lowest BCUT2D eigenvalue weighted by molar-refractivity contribution is 0.0963. The van der Waals surface area contributed by atoms with Crippen molar-refractivity contribution in [3.63, 3.8) is 0 Å². The predicted octanol–water partition coefficient (Wildman–Crippen LogP) is 4.98. The van der Waals surface area contributed by atoms with Crippen molar-refractivity contribution in [2.45, 2.75) is 25.4 Å². The molecule has 5 rings (SSSR count). The third-order valence-electron chi connectivity index (χ3n) is 6.03. The van der Waals surface area contributed by atoms with E-state index in [1.54, 1.807) is 12.0 Å². The van der Waals surface area contributed by atoms with Crippen LogP contribution in [0.4, 0.5) is 5.95 Å². The second-order valence-corrected chi connectivity index (χ2v) is 8.00. The molecule has 160 valence electrons. The topological polar surface area (TPSA) is 60.2 Å². The molecule has 0 saturated carbocycles. The first-order chi connectivity index (χ1) is 15.7. The van der Waals surface area contributed by atoms with Gasteiger partial charge in [0.2, 0.25) is 5.95 Å². The van der Waals surface area contributed by atoms with Crippen LogP contribution in [0.15, 0.2) is 85.2 Å². The normalized spacial score (nSPS) is 17.6. The smallest absolute Gasteiger partial charge is 0.261 e. The maximum atomic E-state index is 13.7. The summed E-state index contributed by atoms with van der Waals surface area (Å²) in [4.78, 5) is 20.0. The van der Waals surface area contributed by atoms with Gasteiger partial charge in [-0.2, -0.15) is 10.1 Å². The summed E-state index contributed by atoms with van der Waals surface area (Å²) in [6.45, 7) is 2.01. The van der Waals surface area contributed by atoms with Gasteiger partial charge in [0.25, 0.3) is 5.91 Å². The molecule has 6 heteroatoms. The highest BCUT2D eigenvalue weighted by Crippen LogP contribution is 2.42. The molecule has 0 radical (unpaired) electrons. The van der Waals surface area contributed by atoms with Crippen LogP contribution in [-0.2, 0) is 0 Å². The fourth-order valence-electron chi connectivity index (χ4n) is 4.32. The van der Waals surface area contributed by atoms with Gasteiger partial charge in [-0.25, -0.2) is 4.68 Å². The average molecular weight is 425 g/mol. The van der Waals surface area contributed by atoms with Gasteiger partial charge in [-0.3, -0.25) is 9.69 Å². The van der Waals surface area contributed by atoms with Gasteiger partial charge in [0, 0.05) is 5.56 Å². The first kappa shape index (κ1) is 20.0. The first-order valence-electron chi connectivity index (χ1n) is 10.6. The quantitative estimate of drug-likeness (QED) is 0.464. The third-order valence-corrected chi connectivity index (χ3v) is 6.03. The van der Waals surface area contributed by atoms with Gasteiger partial charge >= 0.3 is 0 Å². The molecule has 1 aromatic heterocycles. The van der Waals surface area contributed by atoms with Gasteiger partial charge in [-0.15, -0.1) is 0 Å². The largest absolute Gasteiger partial charge is 0.497 e. The summed E-state index contributed by atoms with van der Waals surface area (Å²) in [6, 6.07) is 25.6. The molecule has 0 aliphatic carbocycles. The lowest BCUT2D eigenvalue weighted by Gasteiger charge is -2.39.